The number of sulfonamides is 1. The van der Waals surface area contributed by atoms with Crippen molar-refractivity contribution in [2.24, 2.45) is 0 Å². The number of ether oxygens (including phenoxy) is 1. The van der Waals surface area contributed by atoms with Crippen LogP contribution in [0, 0.1) is 0 Å². The van der Waals surface area contributed by atoms with E-state index < -0.39 is 16.1 Å². The first-order valence-electron chi connectivity index (χ1n) is 6.97. The standard InChI is InChI=1S/C15H17ClN2O4S2/c1-10(19)18-11-3-5-12(6-4-11)24(20,21)17-9-13(22-2)14-7-8-15(16)23-14/h3-8,13,17H,9H2,1-2H3,(H,18,19)/t13-/m0/s1. The largest absolute Gasteiger partial charge is 0.375 e. The highest BCUT2D eigenvalue weighted by molar-refractivity contribution is 7.89. The molecule has 0 saturated carbocycles. The maximum Gasteiger partial charge on any atom is 0.240 e. The highest BCUT2D eigenvalue weighted by Crippen LogP contribution is 2.28. The van der Waals surface area contributed by atoms with Crippen LogP contribution < -0.4 is 10.0 Å². The predicted molar refractivity (Wildman–Crippen MR) is 95.0 cm³/mol. The molecule has 0 fully saturated rings. The van der Waals surface area contributed by atoms with Crippen LogP contribution in [-0.4, -0.2) is 28.0 Å². The number of carbonyl (C=O) groups excluding carboxylic acids is 1. The molecule has 2 rings (SSSR count). The molecule has 0 unspecified atom stereocenters. The van der Waals surface area contributed by atoms with E-state index in [9.17, 15) is 13.2 Å². The third-order valence-corrected chi connectivity index (χ3v) is 5.90. The molecule has 1 aromatic carbocycles. The van der Waals surface area contributed by atoms with E-state index in [2.05, 4.69) is 10.0 Å². The van der Waals surface area contributed by atoms with E-state index in [1.807, 2.05) is 0 Å². The van der Waals surface area contributed by atoms with Gasteiger partial charge >= 0.3 is 0 Å². The van der Waals surface area contributed by atoms with Crippen LogP contribution in [0.25, 0.3) is 0 Å². The zero-order chi connectivity index (χ0) is 17.7. The summed E-state index contributed by atoms with van der Waals surface area (Å²) in [4.78, 5) is 11.9. The number of benzene rings is 1. The lowest BCUT2D eigenvalue weighted by Crippen LogP contribution is -2.29. The fourth-order valence-corrected chi connectivity index (χ4v) is 4.16. The van der Waals surface area contributed by atoms with E-state index in [1.54, 1.807) is 12.1 Å². The lowest BCUT2D eigenvalue weighted by Gasteiger charge is -2.15. The van der Waals surface area contributed by atoms with Crippen molar-refractivity contribution in [2.75, 3.05) is 19.0 Å². The molecule has 6 nitrogen and oxygen atoms in total. The Balaban J connectivity index is 2.06. The summed E-state index contributed by atoms with van der Waals surface area (Å²) < 4.78 is 33.1. The predicted octanol–water partition coefficient (Wildman–Crippen LogP) is 3.03. The smallest absolute Gasteiger partial charge is 0.240 e. The average molecular weight is 389 g/mol. The number of hydrogen-bond acceptors (Lipinski definition) is 5. The molecule has 0 bridgehead atoms. The molecule has 1 heterocycles. The molecule has 1 atom stereocenters. The quantitative estimate of drug-likeness (QED) is 0.763. The van der Waals surface area contributed by atoms with Crippen LogP contribution in [0.2, 0.25) is 4.34 Å². The first-order valence-corrected chi connectivity index (χ1v) is 9.65. The Bertz CT molecular complexity index is 803. The maximum absolute atomic E-state index is 12.3. The molecule has 0 radical (unpaired) electrons. The minimum Gasteiger partial charge on any atom is -0.375 e. The SMILES string of the molecule is CO[C@@H](CNS(=O)(=O)c1ccc(NC(C)=O)cc1)c1ccc(Cl)s1. The second-order valence-corrected chi connectivity index (χ2v) is 8.44. The molecule has 130 valence electrons. The van der Waals surface area contributed by atoms with Crippen molar-refractivity contribution in [1.82, 2.24) is 4.72 Å². The van der Waals surface area contributed by atoms with Gasteiger partial charge in [0.25, 0.3) is 0 Å². The van der Waals surface area contributed by atoms with Gasteiger partial charge in [-0.25, -0.2) is 13.1 Å². The van der Waals surface area contributed by atoms with Gasteiger partial charge < -0.3 is 10.1 Å². The van der Waals surface area contributed by atoms with E-state index in [0.717, 1.165) is 4.88 Å². The van der Waals surface area contributed by atoms with Gasteiger partial charge in [-0.2, -0.15) is 0 Å². The Hall–Kier alpha value is -1.45. The Kier molecular flexibility index (Phi) is 6.36. The van der Waals surface area contributed by atoms with Gasteiger partial charge in [0, 0.05) is 31.1 Å². The van der Waals surface area contributed by atoms with Crippen molar-refractivity contribution in [3.05, 3.63) is 45.6 Å². The Morgan fingerprint density at radius 1 is 1.25 bits per heavy atom. The number of thiophene rings is 1. The second-order valence-electron chi connectivity index (χ2n) is 4.92. The Morgan fingerprint density at radius 2 is 1.92 bits per heavy atom. The number of hydrogen-bond donors (Lipinski definition) is 2. The number of halogens is 1. The molecule has 2 aromatic rings. The molecule has 9 heteroatoms. The van der Waals surface area contributed by atoms with Gasteiger partial charge in [-0.15, -0.1) is 11.3 Å². The number of anilines is 1. The molecular weight excluding hydrogens is 372 g/mol. The zero-order valence-electron chi connectivity index (χ0n) is 13.1. The highest BCUT2D eigenvalue weighted by atomic mass is 35.5. The molecule has 1 amide bonds. The number of nitrogens with one attached hydrogen (secondary N) is 2. The van der Waals surface area contributed by atoms with Crippen molar-refractivity contribution < 1.29 is 17.9 Å². The molecule has 0 spiro atoms. The van der Waals surface area contributed by atoms with Crippen LogP contribution >= 0.6 is 22.9 Å². The number of rotatable bonds is 7. The van der Waals surface area contributed by atoms with Crippen molar-refractivity contribution in [3.8, 4) is 0 Å². The third kappa shape index (κ3) is 5.02. The molecule has 1 aromatic heterocycles. The lowest BCUT2D eigenvalue weighted by molar-refractivity contribution is -0.114. The van der Waals surface area contributed by atoms with Crippen molar-refractivity contribution in [1.29, 1.82) is 0 Å². The fourth-order valence-electron chi connectivity index (χ4n) is 1.99. The summed E-state index contributed by atoms with van der Waals surface area (Å²) in [5, 5.41) is 2.58. The topological polar surface area (TPSA) is 84.5 Å². The Morgan fingerprint density at radius 3 is 2.42 bits per heavy atom. The van der Waals surface area contributed by atoms with Gasteiger partial charge in [-0.1, -0.05) is 11.6 Å². The van der Waals surface area contributed by atoms with E-state index in [1.165, 1.54) is 49.6 Å². The monoisotopic (exact) mass is 388 g/mol. The van der Waals surface area contributed by atoms with Gasteiger partial charge in [0.2, 0.25) is 15.9 Å². The summed E-state index contributed by atoms with van der Waals surface area (Å²) in [6, 6.07) is 9.46. The summed E-state index contributed by atoms with van der Waals surface area (Å²) in [6.07, 6.45) is -0.420. The summed E-state index contributed by atoms with van der Waals surface area (Å²) in [7, 11) is -2.17. The van der Waals surface area contributed by atoms with Crippen LogP contribution in [-0.2, 0) is 19.6 Å². The highest BCUT2D eigenvalue weighted by Gasteiger charge is 2.19. The first-order chi connectivity index (χ1) is 11.3. The lowest BCUT2D eigenvalue weighted by atomic mass is 10.3. The van der Waals surface area contributed by atoms with Crippen LogP contribution in [0.4, 0.5) is 5.69 Å². The zero-order valence-corrected chi connectivity index (χ0v) is 15.5. The van der Waals surface area contributed by atoms with E-state index >= 15 is 0 Å². The van der Waals surface area contributed by atoms with Crippen molar-refractivity contribution in [3.63, 3.8) is 0 Å². The van der Waals surface area contributed by atoms with Crippen LogP contribution in [0.3, 0.4) is 0 Å². The molecule has 0 aliphatic rings. The van der Waals surface area contributed by atoms with Gasteiger partial charge in [-0.05, 0) is 36.4 Å². The van der Waals surface area contributed by atoms with E-state index in [4.69, 9.17) is 16.3 Å². The second kappa shape index (κ2) is 8.09. The van der Waals surface area contributed by atoms with Crippen molar-refractivity contribution >= 4 is 44.6 Å². The summed E-state index contributed by atoms with van der Waals surface area (Å²) >= 11 is 7.23. The van der Waals surface area contributed by atoms with E-state index in [-0.39, 0.29) is 17.3 Å². The van der Waals surface area contributed by atoms with Gasteiger partial charge in [0.05, 0.1) is 9.23 Å². The molecule has 0 aliphatic heterocycles. The molecule has 0 saturated heterocycles. The van der Waals surface area contributed by atoms with Crippen LogP contribution in [0.5, 0.6) is 0 Å². The van der Waals surface area contributed by atoms with Gasteiger partial charge in [0.1, 0.15) is 6.10 Å². The summed E-state index contributed by atoms with van der Waals surface area (Å²) in [5.74, 6) is -0.221. The minimum absolute atomic E-state index is 0.0864. The molecular formula is C15H17ClN2O4S2. The number of carbonyl (C=O) groups is 1. The molecule has 24 heavy (non-hydrogen) atoms. The molecule has 0 aliphatic carbocycles. The third-order valence-electron chi connectivity index (χ3n) is 3.14. The number of amides is 1. The summed E-state index contributed by atoms with van der Waals surface area (Å²) in [5.41, 5.74) is 0.532. The van der Waals surface area contributed by atoms with Gasteiger partial charge in [-0.3, -0.25) is 4.79 Å². The number of methoxy groups -OCH3 is 1. The van der Waals surface area contributed by atoms with Crippen LogP contribution in [0.1, 0.15) is 17.9 Å². The summed E-state index contributed by atoms with van der Waals surface area (Å²) in [6.45, 7) is 1.47. The van der Waals surface area contributed by atoms with Crippen LogP contribution in [0.15, 0.2) is 41.3 Å². The Labute approximate surface area is 149 Å². The fraction of sp³-hybridized carbons (Fsp3) is 0.267. The maximum atomic E-state index is 12.3. The molecule has 2 N–H and O–H groups in total. The van der Waals surface area contributed by atoms with Gasteiger partial charge in [0.15, 0.2) is 0 Å². The van der Waals surface area contributed by atoms with Crippen molar-refractivity contribution in [2.45, 2.75) is 17.9 Å². The first kappa shape index (κ1) is 18.9. The minimum atomic E-state index is -3.68. The van der Waals surface area contributed by atoms with E-state index in [0.29, 0.717) is 10.0 Å². The average Bonchev–Trinajstić information content (AvgIpc) is 2.94. The normalized spacial score (nSPS) is 12.8.